The predicted octanol–water partition coefficient (Wildman–Crippen LogP) is 1.93. The van der Waals surface area contributed by atoms with Crippen LogP contribution in [0.1, 0.15) is 16.7 Å². The second-order valence-electron chi connectivity index (χ2n) is 3.10. The largest absolute Gasteiger partial charge is 0.496 e. The predicted molar refractivity (Wildman–Crippen MR) is 58.6 cm³/mol. The lowest BCUT2D eigenvalue weighted by Gasteiger charge is -2.11. The average Bonchev–Trinajstić information content (AvgIpc) is 2.27. The molecule has 0 spiro atoms. The van der Waals surface area contributed by atoms with Crippen molar-refractivity contribution >= 4 is 17.6 Å². The molecule has 84 valence electrons. The van der Waals surface area contributed by atoms with Gasteiger partial charge in [-0.3, -0.25) is 4.79 Å². The Bertz CT molecular complexity index is 451. The van der Waals surface area contributed by atoms with Crippen LogP contribution in [-0.2, 0) is 17.1 Å². The lowest BCUT2D eigenvalue weighted by atomic mass is 9.99. The fourth-order valence-corrected chi connectivity index (χ4v) is 1.67. The van der Waals surface area contributed by atoms with Crippen LogP contribution in [0.25, 0.3) is 0 Å². The van der Waals surface area contributed by atoms with Crippen molar-refractivity contribution in [3.63, 3.8) is 0 Å². The molecule has 0 heterocycles. The van der Waals surface area contributed by atoms with Gasteiger partial charge in [-0.1, -0.05) is 6.07 Å². The monoisotopic (exact) mass is 239 g/mol. The first-order chi connectivity index (χ1) is 7.63. The number of carboxylic acid groups (broad SMARTS) is 1. The van der Waals surface area contributed by atoms with E-state index in [2.05, 4.69) is 0 Å². The minimum atomic E-state index is -1.01. The summed E-state index contributed by atoms with van der Waals surface area (Å²) in [5.74, 6) is -0.450. The van der Waals surface area contributed by atoms with Gasteiger partial charge in [0.25, 0.3) is 0 Å². The number of ether oxygens (including phenoxy) is 1. The van der Waals surface area contributed by atoms with E-state index >= 15 is 0 Å². The smallest absolute Gasteiger partial charge is 0.308 e. The maximum Gasteiger partial charge on any atom is 0.308 e. The number of nitriles is 1. The van der Waals surface area contributed by atoms with Crippen molar-refractivity contribution in [2.45, 2.75) is 12.3 Å². The molecule has 0 radical (unpaired) electrons. The number of alkyl halides is 1. The van der Waals surface area contributed by atoms with Crippen molar-refractivity contribution in [2.24, 2.45) is 0 Å². The first-order valence-corrected chi connectivity index (χ1v) is 5.04. The van der Waals surface area contributed by atoms with Crippen molar-refractivity contribution in [3.05, 3.63) is 28.8 Å². The summed E-state index contributed by atoms with van der Waals surface area (Å²) in [5.41, 5.74) is 1.27. The van der Waals surface area contributed by atoms with E-state index < -0.39 is 5.97 Å². The molecule has 0 saturated carbocycles. The van der Waals surface area contributed by atoms with E-state index in [0.29, 0.717) is 16.9 Å². The third-order valence-electron chi connectivity index (χ3n) is 2.16. The Morgan fingerprint density at radius 2 is 2.31 bits per heavy atom. The molecule has 0 aliphatic rings. The molecule has 0 aliphatic heterocycles. The number of halogens is 1. The normalized spacial score (nSPS) is 9.56. The number of nitrogens with zero attached hydrogens (tertiary/aromatic N) is 1. The molecule has 0 fully saturated rings. The maximum absolute atomic E-state index is 10.7. The standard InChI is InChI=1S/C11H10ClNO3/c1-16-10-3-2-7(5-12)9(6-13)8(10)4-11(14)15/h2-3H,4-5H2,1H3,(H,14,15). The Labute approximate surface area is 98.0 Å². The summed E-state index contributed by atoms with van der Waals surface area (Å²) in [7, 11) is 1.43. The van der Waals surface area contributed by atoms with Gasteiger partial charge in [0.1, 0.15) is 5.75 Å². The highest BCUT2D eigenvalue weighted by Crippen LogP contribution is 2.26. The third kappa shape index (κ3) is 2.44. The van der Waals surface area contributed by atoms with Gasteiger partial charge >= 0.3 is 5.97 Å². The quantitative estimate of drug-likeness (QED) is 0.815. The molecule has 1 aromatic rings. The highest BCUT2D eigenvalue weighted by atomic mass is 35.5. The summed E-state index contributed by atoms with van der Waals surface area (Å²) in [6, 6.07) is 5.25. The zero-order valence-corrected chi connectivity index (χ0v) is 9.41. The number of rotatable bonds is 4. The third-order valence-corrected chi connectivity index (χ3v) is 2.45. The molecular weight excluding hydrogens is 230 g/mol. The van der Waals surface area contributed by atoms with Gasteiger partial charge in [-0.25, -0.2) is 0 Å². The molecule has 0 bridgehead atoms. The number of hydrogen-bond donors (Lipinski definition) is 1. The Balaban J connectivity index is 3.38. The SMILES string of the molecule is COc1ccc(CCl)c(C#N)c1CC(=O)O. The number of aliphatic carboxylic acids is 1. The van der Waals surface area contributed by atoms with Crippen LogP contribution in [0.2, 0.25) is 0 Å². The number of methoxy groups -OCH3 is 1. The molecule has 0 saturated heterocycles. The molecule has 0 amide bonds. The minimum absolute atomic E-state index is 0.166. The number of carbonyl (C=O) groups is 1. The molecular formula is C11H10ClNO3. The summed E-state index contributed by atoms with van der Waals surface area (Å²) in [5, 5.41) is 17.8. The van der Waals surface area contributed by atoms with Crippen molar-refractivity contribution < 1.29 is 14.6 Å². The molecule has 1 N–H and O–H groups in total. The molecule has 4 nitrogen and oxygen atoms in total. The second-order valence-corrected chi connectivity index (χ2v) is 3.36. The van der Waals surface area contributed by atoms with Gasteiger partial charge in [0.05, 0.1) is 25.2 Å². The number of benzene rings is 1. The lowest BCUT2D eigenvalue weighted by molar-refractivity contribution is -0.136. The van der Waals surface area contributed by atoms with E-state index in [1.54, 1.807) is 12.1 Å². The van der Waals surface area contributed by atoms with Gasteiger partial charge in [0, 0.05) is 11.4 Å². The highest BCUT2D eigenvalue weighted by molar-refractivity contribution is 6.17. The maximum atomic E-state index is 10.7. The van der Waals surface area contributed by atoms with Crippen LogP contribution in [0.3, 0.4) is 0 Å². The molecule has 1 rings (SSSR count). The first kappa shape index (κ1) is 12.3. The van der Waals surface area contributed by atoms with E-state index in [1.807, 2.05) is 6.07 Å². The van der Waals surface area contributed by atoms with Crippen LogP contribution >= 0.6 is 11.6 Å². The van der Waals surface area contributed by atoms with Crippen LogP contribution < -0.4 is 4.74 Å². The zero-order chi connectivity index (χ0) is 12.1. The molecule has 1 aromatic carbocycles. The van der Waals surface area contributed by atoms with E-state index in [1.165, 1.54) is 7.11 Å². The number of hydrogen-bond acceptors (Lipinski definition) is 3. The lowest BCUT2D eigenvalue weighted by Crippen LogP contribution is -2.06. The van der Waals surface area contributed by atoms with Crippen molar-refractivity contribution in [3.8, 4) is 11.8 Å². The molecule has 5 heteroatoms. The van der Waals surface area contributed by atoms with Crippen molar-refractivity contribution in [2.75, 3.05) is 7.11 Å². The van der Waals surface area contributed by atoms with E-state index in [0.717, 1.165) is 0 Å². The molecule has 0 aromatic heterocycles. The summed E-state index contributed by atoms with van der Waals surface area (Å²) in [4.78, 5) is 10.7. The topological polar surface area (TPSA) is 70.3 Å². The van der Waals surface area contributed by atoms with Crippen LogP contribution in [0.5, 0.6) is 5.75 Å². The van der Waals surface area contributed by atoms with Crippen molar-refractivity contribution in [1.82, 2.24) is 0 Å². The summed E-state index contributed by atoms with van der Waals surface area (Å²) in [6.07, 6.45) is -0.253. The summed E-state index contributed by atoms with van der Waals surface area (Å²) in [6.45, 7) is 0. The molecule has 0 atom stereocenters. The first-order valence-electron chi connectivity index (χ1n) is 4.50. The zero-order valence-electron chi connectivity index (χ0n) is 8.66. The molecule has 0 aliphatic carbocycles. The molecule has 0 unspecified atom stereocenters. The summed E-state index contributed by atoms with van der Waals surface area (Å²) >= 11 is 5.68. The minimum Gasteiger partial charge on any atom is -0.496 e. The Hall–Kier alpha value is -1.73. The van der Waals surface area contributed by atoms with Crippen LogP contribution in [-0.4, -0.2) is 18.2 Å². The van der Waals surface area contributed by atoms with Crippen molar-refractivity contribution in [1.29, 1.82) is 5.26 Å². The molecule has 16 heavy (non-hydrogen) atoms. The van der Waals surface area contributed by atoms with Gasteiger partial charge < -0.3 is 9.84 Å². The fraction of sp³-hybridized carbons (Fsp3) is 0.273. The van der Waals surface area contributed by atoms with E-state index in [4.69, 9.17) is 26.7 Å². The van der Waals surface area contributed by atoms with Gasteiger partial charge in [-0.05, 0) is 11.6 Å². The van der Waals surface area contributed by atoms with Crippen LogP contribution in [0.4, 0.5) is 0 Å². The highest BCUT2D eigenvalue weighted by Gasteiger charge is 2.16. The van der Waals surface area contributed by atoms with Gasteiger partial charge in [0.15, 0.2) is 0 Å². The Morgan fingerprint density at radius 3 is 2.75 bits per heavy atom. The van der Waals surface area contributed by atoms with Crippen LogP contribution in [0.15, 0.2) is 12.1 Å². The second kappa shape index (κ2) is 5.38. The van der Waals surface area contributed by atoms with E-state index in [9.17, 15) is 4.79 Å². The number of carboxylic acids is 1. The summed E-state index contributed by atoms with van der Waals surface area (Å²) < 4.78 is 5.03. The fourth-order valence-electron chi connectivity index (χ4n) is 1.45. The van der Waals surface area contributed by atoms with Gasteiger partial charge in [-0.2, -0.15) is 5.26 Å². The van der Waals surface area contributed by atoms with E-state index in [-0.39, 0.29) is 17.9 Å². The van der Waals surface area contributed by atoms with Gasteiger partial charge in [-0.15, -0.1) is 11.6 Å². The van der Waals surface area contributed by atoms with Gasteiger partial charge in [0.2, 0.25) is 0 Å². The Kier molecular flexibility index (Phi) is 4.15. The Morgan fingerprint density at radius 1 is 1.62 bits per heavy atom. The van der Waals surface area contributed by atoms with Crippen LogP contribution in [0, 0.1) is 11.3 Å². The average molecular weight is 240 g/mol.